The molecule has 0 aliphatic rings. The number of anilines is 1. The molecule has 0 unspecified atom stereocenters. The van der Waals surface area contributed by atoms with E-state index in [1.165, 1.54) is 11.8 Å². The van der Waals surface area contributed by atoms with Crippen molar-refractivity contribution >= 4 is 17.7 Å². The van der Waals surface area contributed by atoms with Gasteiger partial charge >= 0.3 is 6.01 Å². The van der Waals surface area contributed by atoms with E-state index in [9.17, 15) is 0 Å². The number of aliphatic hydroxyl groups is 1. The minimum absolute atomic E-state index is 0.0154. The molecule has 1 aromatic heterocycles. The predicted octanol–water partition coefficient (Wildman–Crippen LogP) is 0.419. The Morgan fingerprint density at radius 1 is 1.41 bits per heavy atom. The summed E-state index contributed by atoms with van der Waals surface area (Å²) in [6, 6.07) is 0.245. The third kappa shape index (κ3) is 5.16. The second-order valence-corrected chi connectivity index (χ2v) is 4.52. The summed E-state index contributed by atoms with van der Waals surface area (Å²) in [4.78, 5) is 12.2. The Labute approximate surface area is 104 Å². The van der Waals surface area contributed by atoms with Crippen molar-refractivity contribution in [1.82, 2.24) is 15.0 Å². The summed E-state index contributed by atoms with van der Waals surface area (Å²) >= 11 is 1.42. The van der Waals surface area contributed by atoms with Crippen molar-refractivity contribution in [2.24, 2.45) is 5.84 Å². The Kier molecular flexibility index (Phi) is 5.95. The number of nitrogens with zero attached hydrogens (tertiary/aromatic N) is 3. The smallest absolute Gasteiger partial charge is 0.322 e. The molecule has 0 aliphatic carbocycles. The van der Waals surface area contributed by atoms with Crippen LogP contribution < -0.4 is 16.0 Å². The van der Waals surface area contributed by atoms with Crippen LogP contribution in [0.3, 0.4) is 0 Å². The minimum Gasteiger partial charge on any atom is -0.461 e. The molecule has 17 heavy (non-hydrogen) atoms. The zero-order chi connectivity index (χ0) is 12.7. The van der Waals surface area contributed by atoms with Gasteiger partial charge in [-0.15, -0.1) is 0 Å². The van der Waals surface area contributed by atoms with E-state index in [1.54, 1.807) is 0 Å². The number of thioether (sulfide) groups is 1. The van der Waals surface area contributed by atoms with Crippen LogP contribution in [0.15, 0.2) is 5.16 Å². The molecule has 0 saturated carbocycles. The van der Waals surface area contributed by atoms with Crippen LogP contribution in [0.4, 0.5) is 5.95 Å². The molecule has 1 aromatic rings. The molecular weight excluding hydrogens is 242 g/mol. The first-order valence-electron chi connectivity index (χ1n) is 5.28. The number of rotatable bonds is 7. The Morgan fingerprint density at radius 3 is 2.76 bits per heavy atom. The fraction of sp³-hybridized carbons (Fsp3) is 0.667. The number of ether oxygens (including phenoxy) is 1. The highest BCUT2D eigenvalue weighted by Gasteiger charge is 2.08. The summed E-state index contributed by atoms with van der Waals surface area (Å²) in [5, 5.41) is 9.22. The molecule has 0 radical (unpaired) electrons. The Hall–Kier alpha value is -1.12. The van der Waals surface area contributed by atoms with Crippen molar-refractivity contribution in [3.8, 4) is 6.01 Å². The lowest BCUT2D eigenvalue weighted by Crippen LogP contribution is -2.15. The van der Waals surface area contributed by atoms with Crippen LogP contribution >= 0.6 is 11.8 Å². The van der Waals surface area contributed by atoms with E-state index in [0.717, 1.165) is 5.75 Å². The quantitative estimate of drug-likeness (QED) is 0.280. The number of hydrogen-bond donors (Lipinski definition) is 3. The highest BCUT2D eigenvalue weighted by molar-refractivity contribution is 7.99. The lowest BCUT2D eigenvalue weighted by atomic mass is 10.5. The van der Waals surface area contributed by atoms with Gasteiger partial charge in [0.25, 0.3) is 0 Å². The number of nitrogens with two attached hydrogens (primary N) is 1. The lowest BCUT2D eigenvalue weighted by molar-refractivity contribution is 0.219. The van der Waals surface area contributed by atoms with Gasteiger partial charge in [-0.1, -0.05) is 11.8 Å². The molecule has 0 bridgehead atoms. The molecule has 0 amide bonds. The van der Waals surface area contributed by atoms with Crippen molar-refractivity contribution in [3.63, 3.8) is 0 Å². The molecule has 0 atom stereocenters. The number of hydrogen-bond acceptors (Lipinski definition) is 8. The van der Waals surface area contributed by atoms with Crippen LogP contribution in [0.5, 0.6) is 6.01 Å². The Balaban J connectivity index is 2.74. The standard InChI is InChI=1S/C9H17N5O2S/c1-6(2)16-8-11-7(14-10)12-9(13-8)17-5-3-4-15/h6,15H,3-5,10H2,1-2H3,(H,11,12,13,14). The molecule has 96 valence electrons. The van der Waals surface area contributed by atoms with Gasteiger partial charge in [0, 0.05) is 12.4 Å². The van der Waals surface area contributed by atoms with E-state index < -0.39 is 0 Å². The van der Waals surface area contributed by atoms with E-state index >= 15 is 0 Å². The summed E-state index contributed by atoms with van der Waals surface area (Å²) in [6.45, 7) is 3.92. The summed E-state index contributed by atoms with van der Waals surface area (Å²) < 4.78 is 5.38. The van der Waals surface area contributed by atoms with Crippen molar-refractivity contribution in [1.29, 1.82) is 0 Å². The van der Waals surface area contributed by atoms with Gasteiger partial charge < -0.3 is 9.84 Å². The van der Waals surface area contributed by atoms with E-state index in [4.69, 9.17) is 15.7 Å². The van der Waals surface area contributed by atoms with Gasteiger partial charge in [0.05, 0.1) is 6.10 Å². The molecule has 0 spiro atoms. The van der Waals surface area contributed by atoms with Gasteiger partial charge in [0.1, 0.15) is 0 Å². The van der Waals surface area contributed by atoms with Gasteiger partial charge in [-0.05, 0) is 20.3 Å². The number of nitrogens with one attached hydrogen (secondary N) is 1. The third-order valence-corrected chi connectivity index (χ3v) is 2.53. The number of aromatic nitrogens is 3. The first-order chi connectivity index (χ1) is 8.15. The van der Waals surface area contributed by atoms with E-state index in [1.807, 2.05) is 13.8 Å². The van der Waals surface area contributed by atoms with Crippen molar-refractivity contribution in [2.45, 2.75) is 31.5 Å². The molecule has 8 heteroatoms. The zero-order valence-electron chi connectivity index (χ0n) is 9.88. The third-order valence-electron chi connectivity index (χ3n) is 1.60. The lowest BCUT2D eigenvalue weighted by Gasteiger charge is -2.09. The second kappa shape index (κ2) is 7.25. The molecule has 7 nitrogen and oxygen atoms in total. The number of nitrogen functional groups attached to an aromatic ring is 1. The van der Waals surface area contributed by atoms with Gasteiger partial charge in [0.15, 0.2) is 5.16 Å². The zero-order valence-corrected chi connectivity index (χ0v) is 10.7. The van der Waals surface area contributed by atoms with Crippen LogP contribution in [0.2, 0.25) is 0 Å². The molecule has 1 heterocycles. The summed E-state index contributed by atoms with van der Waals surface area (Å²) in [5.74, 6) is 6.26. The number of aliphatic hydroxyl groups excluding tert-OH is 1. The van der Waals surface area contributed by atoms with Gasteiger partial charge in [-0.25, -0.2) is 5.84 Å². The summed E-state index contributed by atoms with van der Waals surface area (Å²) in [5.41, 5.74) is 2.37. The van der Waals surface area contributed by atoms with Gasteiger partial charge in [0.2, 0.25) is 5.95 Å². The maximum atomic E-state index is 8.70. The Morgan fingerprint density at radius 2 is 2.18 bits per heavy atom. The molecule has 4 N–H and O–H groups in total. The van der Waals surface area contributed by atoms with Crippen LogP contribution in [-0.4, -0.2) is 38.5 Å². The second-order valence-electron chi connectivity index (χ2n) is 3.46. The normalized spacial score (nSPS) is 10.6. The van der Waals surface area contributed by atoms with Crippen LogP contribution in [0.1, 0.15) is 20.3 Å². The highest BCUT2D eigenvalue weighted by atomic mass is 32.2. The van der Waals surface area contributed by atoms with Crippen molar-refractivity contribution in [3.05, 3.63) is 0 Å². The SMILES string of the molecule is CC(C)Oc1nc(NN)nc(SCCCO)n1. The monoisotopic (exact) mass is 259 g/mol. The maximum absolute atomic E-state index is 8.70. The average Bonchev–Trinajstić information content (AvgIpc) is 2.28. The maximum Gasteiger partial charge on any atom is 0.322 e. The molecule has 1 rings (SSSR count). The molecule has 0 aromatic carbocycles. The fourth-order valence-electron chi connectivity index (χ4n) is 0.959. The first-order valence-corrected chi connectivity index (χ1v) is 6.27. The Bertz CT molecular complexity index is 350. The van der Waals surface area contributed by atoms with Crippen LogP contribution in [0.25, 0.3) is 0 Å². The average molecular weight is 259 g/mol. The van der Waals surface area contributed by atoms with Crippen LogP contribution in [-0.2, 0) is 0 Å². The first kappa shape index (κ1) is 13.9. The summed E-state index contributed by atoms with van der Waals surface area (Å²) in [6.07, 6.45) is 0.667. The molecule has 0 aliphatic heterocycles. The van der Waals surface area contributed by atoms with E-state index in [0.29, 0.717) is 11.6 Å². The van der Waals surface area contributed by atoms with Crippen molar-refractivity contribution in [2.75, 3.05) is 17.8 Å². The molecular formula is C9H17N5O2S. The predicted molar refractivity (Wildman–Crippen MR) is 65.8 cm³/mol. The topological polar surface area (TPSA) is 106 Å². The van der Waals surface area contributed by atoms with E-state index in [2.05, 4.69) is 20.4 Å². The van der Waals surface area contributed by atoms with E-state index in [-0.39, 0.29) is 24.7 Å². The molecule has 0 fully saturated rings. The van der Waals surface area contributed by atoms with Gasteiger partial charge in [-0.2, -0.15) is 15.0 Å². The highest BCUT2D eigenvalue weighted by Crippen LogP contribution is 2.18. The largest absolute Gasteiger partial charge is 0.461 e. The molecule has 0 saturated heterocycles. The number of hydrazine groups is 1. The van der Waals surface area contributed by atoms with Crippen LogP contribution in [0, 0.1) is 0 Å². The van der Waals surface area contributed by atoms with Crippen molar-refractivity contribution < 1.29 is 9.84 Å². The minimum atomic E-state index is -0.0154. The fourth-order valence-corrected chi connectivity index (χ4v) is 1.71. The van der Waals surface area contributed by atoms with Gasteiger partial charge in [-0.3, -0.25) is 5.43 Å². The summed E-state index contributed by atoms with van der Waals surface area (Å²) in [7, 11) is 0.